The van der Waals surface area contributed by atoms with Crippen molar-refractivity contribution in [3.8, 4) is 6.07 Å². The summed E-state index contributed by atoms with van der Waals surface area (Å²) in [6.45, 7) is 3.58. The number of para-hydroxylation sites is 1. The van der Waals surface area contributed by atoms with Gasteiger partial charge in [0, 0.05) is 48.5 Å². The van der Waals surface area contributed by atoms with Crippen molar-refractivity contribution in [3.63, 3.8) is 0 Å². The number of pyridine rings is 1. The normalized spacial score (nSPS) is 14.6. The van der Waals surface area contributed by atoms with Gasteiger partial charge in [0.15, 0.2) is 0 Å². The van der Waals surface area contributed by atoms with Crippen molar-refractivity contribution >= 4 is 33.9 Å². The number of piperazine rings is 1. The molecule has 0 unspecified atom stereocenters. The Kier molecular flexibility index (Phi) is 4.17. The third-order valence-electron chi connectivity index (χ3n) is 4.67. The number of hydrogen-bond donors (Lipinski definition) is 0. The zero-order valence-electron chi connectivity index (χ0n) is 13.7. The van der Waals surface area contributed by atoms with Crippen LogP contribution >= 0.6 is 11.6 Å². The zero-order valence-corrected chi connectivity index (χ0v) is 14.4. The maximum atomic E-state index is 9.32. The van der Waals surface area contributed by atoms with Crippen LogP contribution in [0.4, 0.5) is 11.4 Å². The van der Waals surface area contributed by atoms with E-state index in [1.807, 2.05) is 48.7 Å². The predicted octanol–water partition coefficient (Wildman–Crippen LogP) is 4.09. The van der Waals surface area contributed by atoms with Crippen LogP contribution in [0.15, 0.2) is 54.7 Å². The van der Waals surface area contributed by atoms with Gasteiger partial charge < -0.3 is 9.80 Å². The molecule has 1 saturated heterocycles. The molecule has 124 valence electrons. The summed E-state index contributed by atoms with van der Waals surface area (Å²) < 4.78 is 0. The van der Waals surface area contributed by atoms with Gasteiger partial charge in [0.25, 0.3) is 0 Å². The average Bonchev–Trinajstić information content (AvgIpc) is 2.67. The fourth-order valence-corrected chi connectivity index (χ4v) is 3.58. The van der Waals surface area contributed by atoms with E-state index in [-0.39, 0.29) is 0 Å². The van der Waals surface area contributed by atoms with Gasteiger partial charge in [-0.3, -0.25) is 4.98 Å². The third-order valence-corrected chi connectivity index (χ3v) is 4.90. The first-order valence-corrected chi connectivity index (χ1v) is 8.67. The Morgan fingerprint density at radius 2 is 1.64 bits per heavy atom. The highest BCUT2D eigenvalue weighted by Crippen LogP contribution is 2.29. The van der Waals surface area contributed by atoms with Gasteiger partial charge >= 0.3 is 0 Å². The molecule has 2 heterocycles. The highest BCUT2D eigenvalue weighted by atomic mass is 35.5. The number of nitriles is 1. The van der Waals surface area contributed by atoms with Crippen molar-refractivity contribution in [3.05, 3.63) is 65.3 Å². The van der Waals surface area contributed by atoms with Crippen molar-refractivity contribution in [1.29, 1.82) is 5.26 Å². The van der Waals surface area contributed by atoms with Crippen molar-refractivity contribution in [2.75, 3.05) is 36.0 Å². The van der Waals surface area contributed by atoms with Crippen LogP contribution < -0.4 is 9.80 Å². The number of hydrogen-bond acceptors (Lipinski definition) is 4. The fourth-order valence-electron chi connectivity index (χ4n) is 3.41. The lowest BCUT2D eigenvalue weighted by Gasteiger charge is -2.38. The van der Waals surface area contributed by atoms with Crippen LogP contribution in [0.1, 0.15) is 5.56 Å². The largest absolute Gasteiger partial charge is 0.367 e. The SMILES string of the molecule is N#Cc1ccccc1N1CCN(c2ccnc3cc(Cl)ccc23)CC1. The van der Waals surface area contributed by atoms with Gasteiger partial charge in [-0.25, -0.2) is 0 Å². The van der Waals surface area contributed by atoms with Gasteiger partial charge in [-0.15, -0.1) is 0 Å². The summed E-state index contributed by atoms with van der Waals surface area (Å²) in [5.74, 6) is 0. The first kappa shape index (κ1) is 15.7. The lowest BCUT2D eigenvalue weighted by Crippen LogP contribution is -2.46. The van der Waals surface area contributed by atoms with Crippen molar-refractivity contribution < 1.29 is 0 Å². The highest BCUT2D eigenvalue weighted by molar-refractivity contribution is 6.31. The van der Waals surface area contributed by atoms with E-state index in [2.05, 4.69) is 26.9 Å². The van der Waals surface area contributed by atoms with Crippen LogP contribution in [-0.2, 0) is 0 Å². The number of nitrogens with zero attached hydrogens (tertiary/aromatic N) is 4. The molecule has 0 bridgehead atoms. The zero-order chi connectivity index (χ0) is 17.2. The van der Waals surface area contributed by atoms with Gasteiger partial charge in [-0.05, 0) is 36.4 Å². The molecular formula is C20H17ClN4. The van der Waals surface area contributed by atoms with E-state index >= 15 is 0 Å². The topological polar surface area (TPSA) is 43.2 Å². The van der Waals surface area contributed by atoms with Crippen molar-refractivity contribution in [1.82, 2.24) is 4.98 Å². The molecule has 2 aromatic carbocycles. The van der Waals surface area contributed by atoms with Crippen molar-refractivity contribution in [2.24, 2.45) is 0 Å². The van der Waals surface area contributed by atoms with Gasteiger partial charge in [0.1, 0.15) is 6.07 Å². The van der Waals surface area contributed by atoms with Crippen LogP contribution in [0.3, 0.4) is 0 Å². The van der Waals surface area contributed by atoms with E-state index in [0.29, 0.717) is 5.02 Å². The number of fused-ring (bicyclic) bond motifs is 1. The van der Waals surface area contributed by atoms with E-state index in [4.69, 9.17) is 11.6 Å². The summed E-state index contributed by atoms with van der Waals surface area (Å²) in [7, 11) is 0. The third kappa shape index (κ3) is 2.99. The van der Waals surface area contributed by atoms with Crippen molar-refractivity contribution in [2.45, 2.75) is 0 Å². The number of benzene rings is 2. The van der Waals surface area contributed by atoms with Crippen LogP contribution in [-0.4, -0.2) is 31.2 Å². The molecule has 1 aromatic heterocycles. The number of anilines is 2. The Morgan fingerprint density at radius 3 is 2.40 bits per heavy atom. The first-order valence-electron chi connectivity index (χ1n) is 8.29. The Balaban J connectivity index is 1.58. The standard InChI is InChI=1S/C20H17ClN4/c21-16-5-6-17-18(13-16)23-8-7-20(17)25-11-9-24(10-12-25)19-4-2-1-3-15(19)14-22/h1-8,13H,9-12H2. The van der Waals surface area contributed by atoms with E-state index < -0.39 is 0 Å². The molecule has 4 rings (SSSR count). The lowest BCUT2D eigenvalue weighted by atomic mass is 10.1. The van der Waals surface area contributed by atoms with Gasteiger partial charge in [0.2, 0.25) is 0 Å². The van der Waals surface area contributed by atoms with Crippen LogP contribution in [0.5, 0.6) is 0 Å². The van der Waals surface area contributed by atoms with Gasteiger partial charge in [-0.1, -0.05) is 23.7 Å². The summed E-state index contributed by atoms with van der Waals surface area (Å²) in [6.07, 6.45) is 1.84. The average molecular weight is 349 g/mol. The molecule has 0 N–H and O–H groups in total. The Hall–Kier alpha value is -2.77. The first-order chi connectivity index (χ1) is 12.3. The molecule has 25 heavy (non-hydrogen) atoms. The Bertz CT molecular complexity index is 955. The summed E-state index contributed by atoms with van der Waals surface area (Å²) in [5, 5.41) is 11.1. The smallest absolute Gasteiger partial charge is 0.101 e. The van der Waals surface area contributed by atoms with Gasteiger partial charge in [-0.2, -0.15) is 5.26 Å². The maximum absolute atomic E-state index is 9.32. The number of aromatic nitrogens is 1. The molecule has 1 aliphatic rings. The van der Waals surface area contributed by atoms with E-state index in [9.17, 15) is 5.26 Å². The maximum Gasteiger partial charge on any atom is 0.101 e. The molecule has 0 radical (unpaired) electrons. The predicted molar refractivity (Wildman–Crippen MR) is 102 cm³/mol. The molecule has 1 aliphatic heterocycles. The molecule has 0 atom stereocenters. The van der Waals surface area contributed by atoms with Crippen LogP contribution in [0.25, 0.3) is 10.9 Å². The monoisotopic (exact) mass is 348 g/mol. The molecule has 0 aliphatic carbocycles. The minimum atomic E-state index is 0.704. The molecule has 0 saturated carbocycles. The van der Waals surface area contributed by atoms with E-state index in [1.54, 1.807) is 0 Å². The molecule has 1 fully saturated rings. The lowest BCUT2D eigenvalue weighted by molar-refractivity contribution is 0.654. The molecule has 5 heteroatoms. The van der Waals surface area contributed by atoms with E-state index in [1.165, 1.54) is 5.69 Å². The number of halogens is 1. The minimum absolute atomic E-state index is 0.704. The Morgan fingerprint density at radius 1 is 0.920 bits per heavy atom. The van der Waals surface area contributed by atoms with Crippen LogP contribution in [0.2, 0.25) is 5.02 Å². The fraction of sp³-hybridized carbons (Fsp3) is 0.200. The molecule has 0 amide bonds. The molecule has 4 nitrogen and oxygen atoms in total. The van der Waals surface area contributed by atoms with E-state index in [0.717, 1.165) is 48.3 Å². The van der Waals surface area contributed by atoms with Gasteiger partial charge in [0.05, 0.1) is 16.8 Å². The Labute approximate surface area is 151 Å². The quantitative estimate of drug-likeness (QED) is 0.699. The second-order valence-electron chi connectivity index (χ2n) is 6.09. The molecule has 0 spiro atoms. The number of rotatable bonds is 2. The molecular weight excluding hydrogens is 332 g/mol. The second kappa shape index (κ2) is 6.62. The minimum Gasteiger partial charge on any atom is -0.367 e. The molecule has 3 aromatic rings. The summed E-state index contributed by atoms with van der Waals surface area (Å²) >= 11 is 6.09. The second-order valence-corrected chi connectivity index (χ2v) is 6.53. The summed E-state index contributed by atoms with van der Waals surface area (Å²) in [4.78, 5) is 9.09. The summed E-state index contributed by atoms with van der Waals surface area (Å²) in [5.41, 5.74) is 3.87. The summed E-state index contributed by atoms with van der Waals surface area (Å²) in [6, 6.07) is 18.0. The van der Waals surface area contributed by atoms with Crippen LogP contribution in [0, 0.1) is 11.3 Å². The highest BCUT2D eigenvalue weighted by Gasteiger charge is 2.20.